The van der Waals surface area contributed by atoms with Crippen LogP contribution in [0.25, 0.3) is 0 Å². The average molecular weight is 256 g/mol. The van der Waals surface area contributed by atoms with E-state index in [4.69, 9.17) is 0 Å². The minimum Gasteiger partial charge on any atom is -0.0859 e. The number of rotatable bonds is 5. The average Bonchev–Trinajstić information content (AvgIpc) is 2.46. The third kappa shape index (κ3) is 3.68. The Bertz CT molecular complexity index is 459. The van der Waals surface area contributed by atoms with Gasteiger partial charge in [-0.1, -0.05) is 77.0 Å². The predicted molar refractivity (Wildman–Crippen MR) is 83.2 cm³/mol. The van der Waals surface area contributed by atoms with Crippen LogP contribution in [0.4, 0.5) is 0 Å². The van der Waals surface area contributed by atoms with Crippen molar-refractivity contribution in [2.75, 3.05) is 0 Å². The largest absolute Gasteiger partial charge is 0.0859 e. The summed E-state index contributed by atoms with van der Waals surface area (Å²) in [5, 5.41) is 1.45. The molecule has 0 aliphatic carbocycles. The first-order valence-electron chi connectivity index (χ1n) is 6.67. The van der Waals surface area contributed by atoms with Gasteiger partial charge in [-0.15, -0.1) is 0 Å². The topological polar surface area (TPSA) is 0 Å². The summed E-state index contributed by atoms with van der Waals surface area (Å²) in [5.74, 6) is 0.677. The second-order valence-corrected chi connectivity index (χ2v) is 6.05. The molecular weight excluding hydrogens is 235 g/mol. The zero-order chi connectivity index (χ0) is 12.8. The van der Waals surface area contributed by atoms with Crippen molar-refractivity contribution in [3.05, 3.63) is 65.7 Å². The van der Waals surface area contributed by atoms with E-state index in [0.29, 0.717) is 5.92 Å². The fourth-order valence-corrected chi connectivity index (χ4v) is 3.03. The van der Waals surface area contributed by atoms with Gasteiger partial charge in [-0.05, 0) is 34.9 Å². The van der Waals surface area contributed by atoms with Crippen molar-refractivity contribution in [1.82, 2.24) is 0 Å². The van der Waals surface area contributed by atoms with Crippen LogP contribution in [0.3, 0.4) is 0 Å². The number of hydrogen-bond donors (Lipinski definition) is 0. The first kappa shape index (κ1) is 13.3. The molecule has 2 rings (SSSR count). The Labute approximate surface area is 112 Å². The molecule has 0 nitrogen and oxygen atoms in total. The van der Waals surface area contributed by atoms with Crippen LogP contribution < -0.4 is 5.30 Å². The van der Waals surface area contributed by atoms with Gasteiger partial charge in [0.15, 0.2) is 0 Å². The fraction of sp³-hybridized carbons (Fsp3) is 0.294. The van der Waals surface area contributed by atoms with Crippen molar-refractivity contribution < 1.29 is 0 Å². The SMILES string of the molecule is CCC(C)c1ccc(CPc2ccccc2)cc1. The Hall–Kier alpha value is -1.13. The maximum Gasteiger partial charge on any atom is -0.00602 e. The summed E-state index contributed by atoms with van der Waals surface area (Å²) in [6.07, 6.45) is 2.37. The second kappa shape index (κ2) is 6.71. The smallest absolute Gasteiger partial charge is 0.00602 e. The Morgan fingerprint density at radius 2 is 1.61 bits per heavy atom. The summed E-state index contributed by atoms with van der Waals surface area (Å²) >= 11 is 0. The highest BCUT2D eigenvalue weighted by Gasteiger charge is 2.02. The van der Waals surface area contributed by atoms with Gasteiger partial charge in [0.2, 0.25) is 0 Å². The molecule has 0 aromatic heterocycles. The van der Waals surface area contributed by atoms with Crippen LogP contribution in [-0.2, 0) is 6.16 Å². The molecule has 2 unspecified atom stereocenters. The van der Waals surface area contributed by atoms with Gasteiger partial charge in [0, 0.05) is 0 Å². The molecule has 0 saturated carbocycles. The van der Waals surface area contributed by atoms with Crippen molar-refractivity contribution >= 4 is 13.9 Å². The Balaban J connectivity index is 1.94. The van der Waals surface area contributed by atoms with Gasteiger partial charge >= 0.3 is 0 Å². The third-order valence-electron chi connectivity index (χ3n) is 3.43. The summed E-state index contributed by atoms with van der Waals surface area (Å²) in [4.78, 5) is 0. The zero-order valence-electron chi connectivity index (χ0n) is 11.2. The van der Waals surface area contributed by atoms with Crippen LogP contribution in [0, 0.1) is 0 Å². The molecule has 0 aliphatic heterocycles. The van der Waals surface area contributed by atoms with Gasteiger partial charge in [0.05, 0.1) is 0 Å². The van der Waals surface area contributed by atoms with E-state index >= 15 is 0 Å². The molecular formula is C17H21P. The van der Waals surface area contributed by atoms with Gasteiger partial charge in [-0.3, -0.25) is 0 Å². The molecule has 0 spiro atoms. The van der Waals surface area contributed by atoms with Gasteiger partial charge in [-0.25, -0.2) is 0 Å². The lowest BCUT2D eigenvalue weighted by Crippen LogP contribution is -1.94. The maximum atomic E-state index is 2.29. The van der Waals surface area contributed by atoms with Gasteiger partial charge in [0.25, 0.3) is 0 Å². The maximum absolute atomic E-state index is 2.29. The van der Waals surface area contributed by atoms with Crippen LogP contribution in [0.2, 0.25) is 0 Å². The molecule has 0 amide bonds. The quantitative estimate of drug-likeness (QED) is 0.680. The molecule has 2 aromatic rings. The molecule has 0 heterocycles. The number of hydrogen-bond acceptors (Lipinski definition) is 0. The van der Waals surface area contributed by atoms with E-state index in [1.54, 1.807) is 0 Å². The highest BCUT2D eigenvalue weighted by Crippen LogP contribution is 2.22. The Morgan fingerprint density at radius 3 is 2.22 bits per heavy atom. The van der Waals surface area contributed by atoms with E-state index in [0.717, 1.165) is 14.7 Å². The molecule has 0 N–H and O–H groups in total. The molecule has 0 saturated heterocycles. The van der Waals surface area contributed by atoms with Gasteiger partial charge in [0.1, 0.15) is 0 Å². The Kier molecular flexibility index (Phi) is 4.96. The molecule has 0 bridgehead atoms. The molecule has 94 valence electrons. The van der Waals surface area contributed by atoms with Crippen molar-refractivity contribution in [2.45, 2.75) is 32.3 Å². The minimum absolute atomic E-state index is 0.677. The molecule has 0 aliphatic rings. The monoisotopic (exact) mass is 256 g/mol. The zero-order valence-corrected chi connectivity index (χ0v) is 12.2. The lowest BCUT2D eigenvalue weighted by atomic mass is 9.98. The Morgan fingerprint density at radius 1 is 0.944 bits per heavy atom. The van der Waals surface area contributed by atoms with Crippen molar-refractivity contribution in [1.29, 1.82) is 0 Å². The first-order chi connectivity index (χ1) is 8.79. The summed E-state index contributed by atoms with van der Waals surface area (Å²) in [6.45, 7) is 4.54. The van der Waals surface area contributed by atoms with Crippen LogP contribution >= 0.6 is 8.58 Å². The normalized spacial score (nSPS) is 13.0. The van der Waals surface area contributed by atoms with E-state index in [1.165, 1.54) is 22.9 Å². The summed E-state index contributed by atoms with van der Waals surface area (Å²) < 4.78 is 0. The van der Waals surface area contributed by atoms with E-state index in [2.05, 4.69) is 68.4 Å². The molecule has 2 aromatic carbocycles. The third-order valence-corrected chi connectivity index (χ3v) is 4.76. The van der Waals surface area contributed by atoms with Crippen LogP contribution in [-0.4, -0.2) is 0 Å². The number of benzene rings is 2. The predicted octanol–water partition coefficient (Wildman–Crippen LogP) is 4.70. The minimum atomic E-state index is 0.677. The second-order valence-electron chi connectivity index (χ2n) is 4.77. The lowest BCUT2D eigenvalue weighted by molar-refractivity contribution is 0.733. The highest BCUT2D eigenvalue weighted by atomic mass is 31.1. The van der Waals surface area contributed by atoms with E-state index in [9.17, 15) is 0 Å². The summed E-state index contributed by atoms with van der Waals surface area (Å²) in [5.41, 5.74) is 2.91. The molecule has 18 heavy (non-hydrogen) atoms. The molecule has 1 heteroatoms. The lowest BCUT2D eigenvalue weighted by Gasteiger charge is -2.09. The summed E-state index contributed by atoms with van der Waals surface area (Å²) in [6, 6.07) is 19.9. The van der Waals surface area contributed by atoms with E-state index in [1.807, 2.05) is 0 Å². The van der Waals surface area contributed by atoms with Crippen molar-refractivity contribution in [3.63, 3.8) is 0 Å². The molecule has 0 radical (unpaired) electrons. The van der Waals surface area contributed by atoms with Crippen molar-refractivity contribution in [3.8, 4) is 0 Å². The van der Waals surface area contributed by atoms with E-state index in [-0.39, 0.29) is 0 Å². The van der Waals surface area contributed by atoms with Crippen molar-refractivity contribution in [2.24, 2.45) is 0 Å². The first-order valence-corrected chi connectivity index (χ1v) is 7.88. The standard InChI is InChI=1S/C17H21P/c1-3-14(2)16-11-9-15(10-12-16)13-18-17-7-5-4-6-8-17/h4-12,14,18H,3,13H2,1-2H3. The van der Waals surface area contributed by atoms with Crippen LogP contribution in [0.1, 0.15) is 37.3 Å². The van der Waals surface area contributed by atoms with Crippen LogP contribution in [0.15, 0.2) is 54.6 Å². The van der Waals surface area contributed by atoms with Gasteiger partial charge in [-0.2, -0.15) is 0 Å². The summed E-state index contributed by atoms with van der Waals surface area (Å²) in [7, 11) is 0.873. The van der Waals surface area contributed by atoms with Gasteiger partial charge < -0.3 is 0 Å². The fourth-order valence-electron chi connectivity index (χ4n) is 1.96. The highest BCUT2D eigenvalue weighted by molar-refractivity contribution is 7.46. The molecule has 2 atom stereocenters. The van der Waals surface area contributed by atoms with Crippen LogP contribution in [0.5, 0.6) is 0 Å². The van der Waals surface area contributed by atoms with E-state index < -0.39 is 0 Å². The molecule has 0 fully saturated rings.